The van der Waals surface area contributed by atoms with Crippen molar-refractivity contribution in [3.8, 4) is 11.3 Å². The Morgan fingerprint density at radius 1 is 1.18 bits per heavy atom. The Bertz CT molecular complexity index is 604. The zero-order chi connectivity index (χ0) is 15.2. The van der Waals surface area contributed by atoms with E-state index in [4.69, 9.17) is 0 Å². The number of hydrogen-bond donors (Lipinski definition) is 1. The molecule has 0 atom stereocenters. The summed E-state index contributed by atoms with van der Waals surface area (Å²) in [4.78, 5) is 20.5. The van der Waals surface area contributed by atoms with Gasteiger partial charge in [-0.15, -0.1) is 0 Å². The number of hydrogen-bond acceptors (Lipinski definition) is 3. The summed E-state index contributed by atoms with van der Waals surface area (Å²) in [6.07, 6.45) is 11.0. The average Bonchev–Trinajstić information content (AvgIpc) is 3.07. The summed E-state index contributed by atoms with van der Waals surface area (Å²) in [5.74, 6) is 0.745. The molecule has 4 heteroatoms. The molecule has 2 aromatic rings. The van der Waals surface area contributed by atoms with Gasteiger partial charge in [-0.05, 0) is 42.5 Å². The lowest BCUT2D eigenvalue weighted by Crippen LogP contribution is -2.24. The highest BCUT2D eigenvalue weighted by atomic mass is 16.1. The standard InChI is InChI=1S/C18H21N3O/c22-18(10-14-4-1-2-5-14)21-12-15-7-8-17(20-11-15)16-6-3-9-19-13-16/h3,6-9,11,13-14H,1-2,4-5,10,12H2,(H,21,22). The number of carbonyl (C=O) groups is 1. The molecule has 2 heterocycles. The summed E-state index contributed by atoms with van der Waals surface area (Å²) in [7, 11) is 0. The van der Waals surface area contributed by atoms with Gasteiger partial charge < -0.3 is 5.32 Å². The lowest BCUT2D eigenvalue weighted by atomic mass is 10.0. The van der Waals surface area contributed by atoms with E-state index in [1.807, 2.05) is 30.5 Å². The van der Waals surface area contributed by atoms with Crippen molar-refractivity contribution in [3.05, 3.63) is 48.4 Å². The molecular weight excluding hydrogens is 274 g/mol. The van der Waals surface area contributed by atoms with Crippen molar-refractivity contribution in [2.75, 3.05) is 0 Å². The third-order valence-corrected chi connectivity index (χ3v) is 4.22. The van der Waals surface area contributed by atoms with Gasteiger partial charge in [-0.2, -0.15) is 0 Å². The smallest absolute Gasteiger partial charge is 0.220 e. The van der Waals surface area contributed by atoms with Crippen molar-refractivity contribution in [1.29, 1.82) is 0 Å². The van der Waals surface area contributed by atoms with Crippen LogP contribution in [-0.2, 0) is 11.3 Å². The van der Waals surface area contributed by atoms with Gasteiger partial charge in [-0.1, -0.05) is 18.9 Å². The first kappa shape index (κ1) is 14.7. The van der Waals surface area contributed by atoms with E-state index in [-0.39, 0.29) is 5.91 Å². The summed E-state index contributed by atoms with van der Waals surface area (Å²) in [5, 5.41) is 2.99. The van der Waals surface area contributed by atoms with E-state index in [9.17, 15) is 4.79 Å². The predicted octanol–water partition coefficient (Wildman–Crippen LogP) is 3.34. The number of rotatable bonds is 5. The zero-order valence-electron chi connectivity index (χ0n) is 12.7. The number of carbonyl (C=O) groups excluding carboxylic acids is 1. The Morgan fingerprint density at radius 3 is 2.73 bits per heavy atom. The number of aromatic nitrogens is 2. The number of pyridine rings is 2. The third kappa shape index (κ3) is 3.91. The molecule has 0 spiro atoms. The van der Waals surface area contributed by atoms with E-state index in [0.717, 1.165) is 16.8 Å². The Hall–Kier alpha value is -2.23. The molecular formula is C18H21N3O. The second-order valence-electron chi connectivity index (χ2n) is 5.92. The van der Waals surface area contributed by atoms with Gasteiger partial charge in [0.15, 0.2) is 0 Å². The molecule has 1 aliphatic rings. The topological polar surface area (TPSA) is 54.9 Å². The Labute approximate surface area is 131 Å². The van der Waals surface area contributed by atoms with Crippen LogP contribution >= 0.6 is 0 Å². The highest BCUT2D eigenvalue weighted by Gasteiger charge is 2.18. The molecule has 1 N–H and O–H groups in total. The summed E-state index contributed by atoms with van der Waals surface area (Å²) in [6.45, 7) is 0.547. The van der Waals surface area contributed by atoms with Crippen molar-refractivity contribution in [3.63, 3.8) is 0 Å². The molecule has 1 fully saturated rings. The van der Waals surface area contributed by atoms with E-state index in [2.05, 4.69) is 15.3 Å². The maximum atomic E-state index is 11.9. The summed E-state index contributed by atoms with van der Waals surface area (Å²) in [5.41, 5.74) is 2.92. The molecule has 0 radical (unpaired) electrons. The highest BCUT2D eigenvalue weighted by Crippen LogP contribution is 2.27. The Kier molecular flexibility index (Phi) is 4.78. The lowest BCUT2D eigenvalue weighted by Gasteiger charge is -2.09. The molecule has 0 aromatic carbocycles. The van der Waals surface area contributed by atoms with Crippen molar-refractivity contribution in [2.45, 2.75) is 38.6 Å². The van der Waals surface area contributed by atoms with Crippen LogP contribution in [0.3, 0.4) is 0 Å². The fourth-order valence-electron chi connectivity index (χ4n) is 2.96. The normalized spacial score (nSPS) is 14.9. The van der Waals surface area contributed by atoms with Crippen LogP contribution in [0.4, 0.5) is 0 Å². The molecule has 22 heavy (non-hydrogen) atoms. The average molecular weight is 295 g/mol. The minimum Gasteiger partial charge on any atom is -0.352 e. The van der Waals surface area contributed by atoms with Crippen molar-refractivity contribution >= 4 is 5.91 Å². The lowest BCUT2D eigenvalue weighted by molar-refractivity contribution is -0.122. The number of nitrogens with zero attached hydrogens (tertiary/aromatic N) is 2. The molecule has 4 nitrogen and oxygen atoms in total. The largest absolute Gasteiger partial charge is 0.352 e. The molecule has 0 saturated heterocycles. The molecule has 1 aliphatic carbocycles. The second kappa shape index (κ2) is 7.16. The second-order valence-corrected chi connectivity index (χ2v) is 5.92. The summed E-state index contributed by atoms with van der Waals surface area (Å²) < 4.78 is 0. The highest BCUT2D eigenvalue weighted by molar-refractivity contribution is 5.76. The molecule has 3 rings (SSSR count). The van der Waals surface area contributed by atoms with Crippen molar-refractivity contribution in [2.24, 2.45) is 5.92 Å². The van der Waals surface area contributed by atoms with Gasteiger partial charge in [0, 0.05) is 37.1 Å². The van der Waals surface area contributed by atoms with Gasteiger partial charge in [0.1, 0.15) is 0 Å². The van der Waals surface area contributed by atoms with Crippen LogP contribution in [0.1, 0.15) is 37.7 Å². The predicted molar refractivity (Wildman–Crippen MR) is 85.9 cm³/mol. The van der Waals surface area contributed by atoms with Gasteiger partial charge in [0.05, 0.1) is 5.69 Å². The summed E-state index contributed by atoms with van der Waals surface area (Å²) >= 11 is 0. The van der Waals surface area contributed by atoms with Crippen molar-refractivity contribution in [1.82, 2.24) is 15.3 Å². The van der Waals surface area contributed by atoms with E-state index in [1.165, 1.54) is 25.7 Å². The molecule has 2 aromatic heterocycles. The van der Waals surface area contributed by atoms with Crippen LogP contribution in [0, 0.1) is 5.92 Å². The first-order chi connectivity index (χ1) is 10.8. The molecule has 1 saturated carbocycles. The fourth-order valence-corrected chi connectivity index (χ4v) is 2.96. The zero-order valence-corrected chi connectivity index (χ0v) is 12.7. The van der Waals surface area contributed by atoms with Crippen LogP contribution in [0.5, 0.6) is 0 Å². The van der Waals surface area contributed by atoms with Crippen molar-refractivity contribution < 1.29 is 4.79 Å². The minimum atomic E-state index is 0.156. The van der Waals surface area contributed by atoms with Crippen LogP contribution in [-0.4, -0.2) is 15.9 Å². The maximum Gasteiger partial charge on any atom is 0.220 e. The monoisotopic (exact) mass is 295 g/mol. The molecule has 0 bridgehead atoms. The maximum absolute atomic E-state index is 11.9. The van der Waals surface area contributed by atoms with Crippen LogP contribution in [0.25, 0.3) is 11.3 Å². The molecule has 0 aliphatic heterocycles. The number of amides is 1. The molecule has 114 valence electrons. The summed E-state index contributed by atoms with van der Waals surface area (Å²) in [6, 6.07) is 7.85. The first-order valence-corrected chi connectivity index (χ1v) is 7.93. The van der Waals surface area contributed by atoms with Gasteiger partial charge in [0.25, 0.3) is 0 Å². The Morgan fingerprint density at radius 2 is 2.05 bits per heavy atom. The van der Waals surface area contributed by atoms with E-state index in [1.54, 1.807) is 12.4 Å². The number of nitrogens with one attached hydrogen (secondary N) is 1. The fraction of sp³-hybridized carbons (Fsp3) is 0.389. The van der Waals surface area contributed by atoms with Crippen LogP contribution < -0.4 is 5.32 Å². The van der Waals surface area contributed by atoms with Gasteiger partial charge in [-0.3, -0.25) is 14.8 Å². The van der Waals surface area contributed by atoms with E-state index >= 15 is 0 Å². The van der Waals surface area contributed by atoms with E-state index < -0.39 is 0 Å². The van der Waals surface area contributed by atoms with Crippen LogP contribution in [0.15, 0.2) is 42.9 Å². The van der Waals surface area contributed by atoms with Gasteiger partial charge in [0.2, 0.25) is 5.91 Å². The third-order valence-electron chi connectivity index (χ3n) is 4.22. The van der Waals surface area contributed by atoms with Crippen LogP contribution in [0.2, 0.25) is 0 Å². The quantitative estimate of drug-likeness (QED) is 0.920. The first-order valence-electron chi connectivity index (χ1n) is 7.93. The van der Waals surface area contributed by atoms with Gasteiger partial charge in [-0.25, -0.2) is 0 Å². The minimum absolute atomic E-state index is 0.156. The molecule has 0 unspecified atom stereocenters. The SMILES string of the molecule is O=C(CC1CCCC1)NCc1ccc(-c2cccnc2)nc1. The van der Waals surface area contributed by atoms with E-state index in [0.29, 0.717) is 18.9 Å². The van der Waals surface area contributed by atoms with Gasteiger partial charge >= 0.3 is 0 Å². The molecule has 1 amide bonds. The Balaban J connectivity index is 1.51.